The van der Waals surface area contributed by atoms with Crippen LogP contribution in [0.25, 0.3) is 11.4 Å². The van der Waals surface area contributed by atoms with Crippen molar-refractivity contribution in [3.8, 4) is 11.4 Å². The molecule has 128 valence electrons. The van der Waals surface area contributed by atoms with Gasteiger partial charge in [-0.1, -0.05) is 35.5 Å². The number of hydrogen-bond acceptors (Lipinski definition) is 5. The molecule has 2 aromatic heterocycles. The van der Waals surface area contributed by atoms with Crippen LogP contribution >= 0.6 is 11.3 Å². The van der Waals surface area contributed by atoms with E-state index >= 15 is 0 Å². The van der Waals surface area contributed by atoms with Gasteiger partial charge in [0, 0.05) is 30.5 Å². The van der Waals surface area contributed by atoms with Crippen molar-refractivity contribution < 1.29 is 9.32 Å². The molecule has 3 heterocycles. The highest BCUT2D eigenvalue weighted by atomic mass is 32.1. The number of benzene rings is 1. The van der Waals surface area contributed by atoms with Crippen LogP contribution in [0.2, 0.25) is 0 Å². The van der Waals surface area contributed by atoms with E-state index in [-0.39, 0.29) is 11.8 Å². The van der Waals surface area contributed by atoms with Crippen molar-refractivity contribution in [2.75, 3.05) is 13.1 Å². The van der Waals surface area contributed by atoms with Crippen LogP contribution in [0.4, 0.5) is 0 Å². The minimum atomic E-state index is 0.165. The normalized spacial score (nSPS) is 14.5. The lowest BCUT2D eigenvalue weighted by Gasteiger charge is -2.37. The van der Waals surface area contributed by atoms with Crippen LogP contribution in [0.1, 0.15) is 30.2 Å². The van der Waals surface area contributed by atoms with Gasteiger partial charge in [0.2, 0.25) is 17.6 Å². The van der Waals surface area contributed by atoms with Gasteiger partial charge < -0.3 is 9.42 Å². The van der Waals surface area contributed by atoms with Gasteiger partial charge in [0.25, 0.3) is 0 Å². The largest absolute Gasteiger partial charge is 0.341 e. The molecule has 0 saturated carbocycles. The quantitative estimate of drug-likeness (QED) is 0.677. The Morgan fingerprint density at radius 1 is 1.24 bits per heavy atom. The van der Waals surface area contributed by atoms with Crippen molar-refractivity contribution in [1.29, 1.82) is 0 Å². The number of amides is 1. The van der Waals surface area contributed by atoms with E-state index in [1.54, 1.807) is 11.3 Å². The maximum Gasteiger partial charge on any atom is 0.233 e. The molecule has 4 rings (SSSR count). The molecule has 0 spiro atoms. The molecule has 1 aliphatic heterocycles. The average molecular weight is 353 g/mol. The fourth-order valence-corrected chi connectivity index (χ4v) is 3.63. The van der Waals surface area contributed by atoms with Gasteiger partial charge in [-0.2, -0.15) is 16.3 Å². The second-order valence-electron chi connectivity index (χ2n) is 6.30. The van der Waals surface area contributed by atoms with E-state index in [1.165, 1.54) is 5.56 Å². The number of carbonyl (C=O) groups excluding carboxylic acids is 1. The lowest BCUT2D eigenvalue weighted by atomic mass is 9.99. The molecule has 0 bridgehead atoms. The number of carbonyl (C=O) groups is 1. The third kappa shape index (κ3) is 3.64. The Kier molecular flexibility index (Phi) is 4.61. The lowest BCUT2D eigenvalue weighted by molar-refractivity contribution is -0.136. The molecule has 5 nitrogen and oxygen atoms in total. The van der Waals surface area contributed by atoms with Crippen LogP contribution < -0.4 is 0 Å². The summed E-state index contributed by atoms with van der Waals surface area (Å²) in [6, 6.07) is 12.3. The zero-order chi connectivity index (χ0) is 17.1. The van der Waals surface area contributed by atoms with Crippen LogP contribution in [0.3, 0.4) is 0 Å². The topological polar surface area (TPSA) is 59.2 Å². The molecule has 1 amide bonds. The molecule has 3 aromatic rings. The van der Waals surface area contributed by atoms with E-state index in [0.29, 0.717) is 31.2 Å². The summed E-state index contributed by atoms with van der Waals surface area (Å²) in [6.07, 6.45) is 2.41. The summed E-state index contributed by atoms with van der Waals surface area (Å²) in [4.78, 5) is 18.6. The molecule has 1 aliphatic rings. The molecule has 0 aliphatic carbocycles. The third-order valence-corrected chi connectivity index (χ3v) is 5.19. The van der Waals surface area contributed by atoms with E-state index in [9.17, 15) is 4.79 Å². The summed E-state index contributed by atoms with van der Waals surface area (Å²) in [7, 11) is 0. The molecule has 25 heavy (non-hydrogen) atoms. The number of aryl methyl sites for hydroxylation is 1. The number of rotatable bonds is 6. The standard InChI is InChI=1S/C19H19N3O2S/c23-17(8-4-7-14-5-2-1-3-6-14)22-11-16(12-22)19-20-18(21-24-19)15-9-10-25-13-15/h1-3,5-6,9-10,13,16H,4,7-8,11-12H2. The Balaban J connectivity index is 1.24. The average Bonchev–Trinajstić information content (AvgIpc) is 3.26. The molecule has 0 atom stereocenters. The number of thiophene rings is 1. The Morgan fingerprint density at radius 3 is 2.84 bits per heavy atom. The van der Waals surface area contributed by atoms with Crippen molar-refractivity contribution >= 4 is 17.2 Å². The van der Waals surface area contributed by atoms with Crippen molar-refractivity contribution in [3.05, 3.63) is 58.6 Å². The summed E-state index contributed by atoms with van der Waals surface area (Å²) < 4.78 is 5.36. The van der Waals surface area contributed by atoms with E-state index < -0.39 is 0 Å². The van der Waals surface area contributed by atoms with Gasteiger partial charge in [-0.3, -0.25) is 4.79 Å². The molecule has 1 saturated heterocycles. The van der Waals surface area contributed by atoms with E-state index in [4.69, 9.17) is 4.52 Å². The number of nitrogens with zero attached hydrogens (tertiary/aromatic N) is 3. The number of hydrogen-bond donors (Lipinski definition) is 0. The first-order chi connectivity index (χ1) is 12.3. The van der Waals surface area contributed by atoms with Crippen LogP contribution in [-0.2, 0) is 11.2 Å². The summed E-state index contributed by atoms with van der Waals surface area (Å²) in [5, 5.41) is 8.02. The Labute approximate surface area is 150 Å². The van der Waals surface area contributed by atoms with Gasteiger partial charge in [0.05, 0.1) is 5.92 Å². The molecule has 1 fully saturated rings. The van der Waals surface area contributed by atoms with E-state index in [0.717, 1.165) is 18.4 Å². The molecule has 6 heteroatoms. The smallest absolute Gasteiger partial charge is 0.233 e. The second-order valence-corrected chi connectivity index (χ2v) is 7.08. The van der Waals surface area contributed by atoms with Crippen molar-refractivity contribution in [2.24, 2.45) is 0 Å². The first kappa shape index (κ1) is 16.0. The molecule has 1 aromatic carbocycles. The Morgan fingerprint density at radius 2 is 2.08 bits per heavy atom. The number of likely N-dealkylation sites (tertiary alicyclic amines) is 1. The van der Waals surface area contributed by atoms with Gasteiger partial charge in [-0.05, 0) is 29.9 Å². The summed E-state index contributed by atoms with van der Waals surface area (Å²) >= 11 is 1.61. The molecular weight excluding hydrogens is 334 g/mol. The summed E-state index contributed by atoms with van der Waals surface area (Å²) in [5.74, 6) is 1.64. The van der Waals surface area contributed by atoms with Crippen molar-refractivity contribution in [2.45, 2.75) is 25.2 Å². The zero-order valence-corrected chi connectivity index (χ0v) is 14.6. The van der Waals surface area contributed by atoms with Crippen LogP contribution in [0, 0.1) is 0 Å². The van der Waals surface area contributed by atoms with Crippen LogP contribution in [0.15, 0.2) is 51.7 Å². The third-order valence-electron chi connectivity index (χ3n) is 4.50. The predicted octanol–water partition coefficient (Wildman–Crippen LogP) is 3.75. The van der Waals surface area contributed by atoms with Gasteiger partial charge in [0.15, 0.2) is 0 Å². The molecule has 0 unspecified atom stereocenters. The highest BCUT2D eigenvalue weighted by molar-refractivity contribution is 7.08. The number of aromatic nitrogens is 2. The van der Waals surface area contributed by atoms with Gasteiger partial charge in [-0.15, -0.1) is 0 Å². The minimum absolute atomic E-state index is 0.165. The van der Waals surface area contributed by atoms with Gasteiger partial charge >= 0.3 is 0 Å². The fraction of sp³-hybridized carbons (Fsp3) is 0.316. The summed E-state index contributed by atoms with van der Waals surface area (Å²) in [5.41, 5.74) is 2.26. The second kappa shape index (κ2) is 7.19. The first-order valence-corrected chi connectivity index (χ1v) is 9.42. The maximum atomic E-state index is 12.2. The van der Waals surface area contributed by atoms with Crippen molar-refractivity contribution in [3.63, 3.8) is 0 Å². The predicted molar refractivity (Wildman–Crippen MR) is 96.3 cm³/mol. The molecule has 0 radical (unpaired) electrons. The van der Waals surface area contributed by atoms with Crippen LogP contribution in [0.5, 0.6) is 0 Å². The van der Waals surface area contributed by atoms with Crippen molar-refractivity contribution in [1.82, 2.24) is 15.0 Å². The first-order valence-electron chi connectivity index (χ1n) is 8.47. The minimum Gasteiger partial charge on any atom is -0.341 e. The fourth-order valence-electron chi connectivity index (χ4n) is 2.99. The molecule has 0 N–H and O–H groups in total. The van der Waals surface area contributed by atoms with Crippen LogP contribution in [-0.4, -0.2) is 34.0 Å². The maximum absolute atomic E-state index is 12.2. The molecular formula is C19H19N3O2S. The lowest BCUT2D eigenvalue weighted by Crippen LogP contribution is -2.48. The highest BCUT2D eigenvalue weighted by Gasteiger charge is 2.35. The SMILES string of the molecule is O=C(CCCc1ccccc1)N1CC(c2nc(-c3ccsc3)no2)C1. The monoisotopic (exact) mass is 353 g/mol. The highest BCUT2D eigenvalue weighted by Crippen LogP contribution is 2.28. The Hall–Kier alpha value is -2.47. The zero-order valence-electron chi connectivity index (χ0n) is 13.8. The van der Waals surface area contributed by atoms with Gasteiger partial charge in [0.1, 0.15) is 0 Å². The van der Waals surface area contributed by atoms with Gasteiger partial charge in [-0.25, -0.2) is 0 Å². The Bertz CT molecular complexity index is 823. The summed E-state index contributed by atoms with van der Waals surface area (Å²) in [6.45, 7) is 1.35. The van der Waals surface area contributed by atoms with E-state index in [1.807, 2.05) is 39.9 Å². The van der Waals surface area contributed by atoms with E-state index in [2.05, 4.69) is 22.3 Å².